The molecule has 150 valence electrons. The fourth-order valence-corrected chi connectivity index (χ4v) is 3.42. The van der Waals surface area contributed by atoms with Crippen LogP contribution in [0.5, 0.6) is 5.75 Å². The van der Waals surface area contributed by atoms with Crippen molar-refractivity contribution in [3.8, 4) is 5.75 Å². The van der Waals surface area contributed by atoms with E-state index in [1.54, 1.807) is 25.7 Å². The molecule has 4 rings (SSSR count). The lowest BCUT2D eigenvalue weighted by molar-refractivity contribution is 0.410. The first kappa shape index (κ1) is 18.9. The molecule has 29 heavy (non-hydrogen) atoms. The van der Waals surface area contributed by atoms with Crippen LogP contribution in [0.3, 0.4) is 0 Å². The van der Waals surface area contributed by atoms with Crippen LogP contribution in [0.1, 0.15) is 5.56 Å². The van der Waals surface area contributed by atoms with E-state index < -0.39 is 0 Å². The lowest BCUT2D eigenvalue weighted by Gasteiger charge is -2.35. The van der Waals surface area contributed by atoms with Crippen molar-refractivity contribution >= 4 is 17.7 Å². The Morgan fingerprint density at radius 2 is 1.66 bits per heavy atom. The molecule has 8 heteroatoms. The molecular formula is C21H25N7O. The van der Waals surface area contributed by atoms with E-state index in [1.807, 2.05) is 30.3 Å². The zero-order valence-corrected chi connectivity index (χ0v) is 16.5. The third-order valence-corrected chi connectivity index (χ3v) is 4.95. The van der Waals surface area contributed by atoms with Crippen molar-refractivity contribution in [2.45, 2.75) is 6.42 Å². The number of hydrogen-bond acceptors (Lipinski definition) is 8. The maximum absolute atomic E-state index is 5.41. The molecule has 0 amide bonds. The van der Waals surface area contributed by atoms with Gasteiger partial charge in [-0.1, -0.05) is 18.2 Å². The van der Waals surface area contributed by atoms with Crippen molar-refractivity contribution in [1.29, 1.82) is 0 Å². The minimum atomic E-state index is 0.645. The standard InChI is InChI=1S/C21H25N7O/c1-29-18-6-3-2-5-17(18)7-11-22-20-23-12-8-19(26-20)27-13-15-28(16-14-27)21-24-9-4-10-25-21/h2-6,8-10,12H,7,11,13-16H2,1H3,(H,22,23,26). The van der Waals surface area contributed by atoms with Crippen LogP contribution >= 0.6 is 0 Å². The van der Waals surface area contributed by atoms with E-state index in [0.717, 1.165) is 62.2 Å². The Bertz CT molecular complexity index is 914. The van der Waals surface area contributed by atoms with Crippen LogP contribution in [0.15, 0.2) is 55.0 Å². The van der Waals surface area contributed by atoms with Crippen molar-refractivity contribution in [2.75, 3.05) is 55.0 Å². The maximum Gasteiger partial charge on any atom is 0.225 e. The van der Waals surface area contributed by atoms with Gasteiger partial charge in [-0.3, -0.25) is 0 Å². The SMILES string of the molecule is COc1ccccc1CCNc1nccc(N2CCN(c3ncccn3)CC2)n1. The summed E-state index contributed by atoms with van der Waals surface area (Å²) in [5.41, 5.74) is 1.16. The molecule has 0 atom stereocenters. The van der Waals surface area contributed by atoms with Gasteiger partial charge in [0.1, 0.15) is 11.6 Å². The van der Waals surface area contributed by atoms with E-state index in [-0.39, 0.29) is 0 Å². The topological polar surface area (TPSA) is 79.3 Å². The van der Waals surface area contributed by atoms with Gasteiger partial charge in [0.15, 0.2) is 0 Å². The van der Waals surface area contributed by atoms with E-state index in [0.29, 0.717) is 5.95 Å². The van der Waals surface area contributed by atoms with Gasteiger partial charge in [-0.25, -0.2) is 15.0 Å². The molecule has 0 bridgehead atoms. The Morgan fingerprint density at radius 1 is 0.897 bits per heavy atom. The smallest absolute Gasteiger partial charge is 0.225 e. The van der Waals surface area contributed by atoms with Gasteiger partial charge in [0.05, 0.1) is 7.11 Å². The van der Waals surface area contributed by atoms with Crippen LogP contribution in [0.25, 0.3) is 0 Å². The number of nitrogens with zero attached hydrogens (tertiary/aromatic N) is 6. The van der Waals surface area contributed by atoms with Crippen LogP contribution in [0.4, 0.5) is 17.7 Å². The quantitative estimate of drug-likeness (QED) is 0.657. The summed E-state index contributed by atoms with van der Waals surface area (Å²) >= 11 is 0. The van der Waals surface area contributed by atoms with Crippen molar-refractivity contribution in [3.05, 3.63) is 60.6 Å². The molecule has 1 aliphatic rings. The molecule has 1 aliphatic heterocycles. The van der Waals surface area contributed by atoms with Gasteiger partial charge in [0.2, 0.25) is 11.9 Å². The summed E-state index contributed by atoms with van der Waals surface area (Å²) in [5.74, 6) is 3.28. The normalized spacial score (nSPS) is 14.0. The number of aromatic nitrogens is 4. The zero-order valence-electron chi connectivity index (χ0n) is 16.5. The van der Waals surface area contributed by atoms with Gasteiger partial charge in [0.25, 0.3) is 0 Å². The molecule has 0 saturated carbocycles. The molecule has 1 saturated heterocycles. The third-order valence-electron chi connectivity index (χ3n) is 4.95. The largest absolute Gasteiger partial charge is 0.496 e. The summed E-state index contributed by atoms with van der Waals surface area (Å²) in [4.78, 5) is 22.2. The maximum atomic E-state index is 5.41. The number of para-hydroxylation sites is 1. The molecule has 0 spiro atoms. The van der Waals surface area contributed by atoms with E-state index in [1.165, 1.54) is 0 Å². The molecule has 8 nitrogen and oxygen atoms in total. The second-order valence-corrected chi connectivity index (χ2v) is 6.75. The van der Waals surface area contributed by atoms with Crippen molar-refractivity contribution in [3.63, 3.8) is 0 Å². The van der Waals surface area contributed by atoms with E-state index >= 15 is 0 Å². The average Bonchev–Trinajstić information content (AvgIpc) is 2.80. The highest BCUT2D eigenvalue weighted by Crippen LogP contribution is 2.19. The minimum absolute atomic E-state index is 0.645. The molecule has 1 aromatic carbocycles. The molecule has 2 aromatic heterocycles. The number of rotatable bonds is 7. The molecule has 0 unspecified atom stereocenters. The number of benzene rings is 1. The number of piperazine rings is 1. The van der Waals surface area contributed by atoms with E-state index in [4.69, 9.17) is 9.72 Å². The fraction of sp³-hybridized carbons (Fsp3) is 0.333. The zero-order chi connectivity index (χ0) is 19.9. The molecule has 3 heterocycles. The van der Waals surface area contributed by atoms with Crippen molar-refractivity contribution in [2.24, 2.45) is 0 Å². The highest BCUT2D eigenvalue weighted by atomic mass is 16.5. The average molecular weight is 391 g/mol. The predicted molar refractivity (Wildman–Crippen MR) is 114 cm³/mol. The first-order valence-corrected chi connectivity index (χ1v) is 9.79. The summed E-state index contributed by atoms with van der Waals surface area (Å²) < 4.78 is 5.41. The Balaban J connectivity index is 1.32. The first-order valence-electron chi connectivity index (χ1n) is 9.79. The van der Waals surface area contributed by atoms with E-state index in [2.05, 4.69) is 36.1 Å². The number of hydrogen-bond donors (Lipinski definition) is 1. The number of nitrogens with one attached hydrogen (secondary N) is 1. The number of ether oxygens (including phenoxy) is 1. The minimum Gasteiger partial charge on any atom is -0.496 e. The highest BCUT2D eigenvalue weighted by molar-refractivity contribution is 5.45. The van der Waals surface area contributed by atoms with Gasteiger partial charge < -0.3 is 19.9 Å². The van der Waals surface area contributed by atoms with Gasteiger partial charge in [-0.2, -0.15) is 4.98 Å². The molecule has 0 radical (unpaired) electrons. The lowest BCUT2D eigenvalue weighted by Crippen LogP contribution is -2.47. The van der Waals surface area contributed by atoms with Gasteiger partial charge in [0, 0.05) is 51.3 Å². The number of anilines is 3. The summed E-state index contributed by atoms with van der Waals surface area (Å²) in [6.07, 6.45) is 6.21. The summed E-state index contributed by atoms with van der Waals surface area (Å²) in [6.45, 7) is 4.21. The van der Waals surface area contributed by atoms with Gasteiger partial charge >= 0.3 is 0 Å². The summed E-state index contributed by atoms with van der Waals surface area (Å²) in [7, 11) is 1.70. The van der Waals surface area contributed by atoms with Crippen molar-refractivity contribution < 1.29 is 4.74 Å². The van der Waals surface area contributed by atoms with Crippen LogP contribution in [-0.2, 0) is 6.42 Å². The summed E-state index contributed by atoms with van der Waals surface area (Å²) in [5, 5.41) is 3.32. The van der Waals surface area contributed by atoms with Crippen molar-refractivity contribution in [1.82, 2.24) is 19.9 Å². The van der Waals surface area contributed by atoms with Crippen LogP contribution < -0.4 is 19.9 Å². The Morgan fingerprint density at radius 3 is 2.45 bits per heavy atom. The highest BCUT2D eigenvalue weighted by Gasteiger charge is 2.20. The Labute approximate surface area is 170 Å². The van der Waals surface area contributed by atoms with Crippen LogP contribution in [0.2, 0.25) is 0 Å². The Hall–Kier alpha value is -3.42. The molecule has 1 N–H and O–H groups in total. The molecule has 0 aliphatic carbocycles. The van der Waals surface area contributed by atoms with Gasteiger partial charge in [-0.15, -0.1) is 0 Å². The fourth-order valence-electron chi connectivity index (χ4n) is 3.42. The van der Waals surface area contributed by atoms with Gasteiger partial charge in [-0.05, 0) is 30.2 Å². The number of methoxy groups -OCH3 is 1. The van der Waals surface area contributed by atoms with Crippen LogP contribution in [0, 0.1) is 0 Å². The third kappa shape index (κ3) is 4.71. The molecule has 1 fully saturated rings. The second-order valence-electron chi connectivity index (χ2n) is 6.75. The first-order chi connectivity index (χ1) is 14.3. The van der Waals surface area contributed by atoms with Crippen LogP contribution in [-0.4, -0.2) is 59.8 Å². The lowest BCUT2D eigenvalue weighted by atomic mass is 10.1. The predicted octanol–water partition coefficient (Wildman–Crippen LogP) is 2.26. The monoisotopic (exact) mass is 391 g/mol. The summed E-state index contributed by atoms with van der Waals surface area (Å²) in [6, 6.07) is 11.9. The second kappa shape index (κ2) is 9.18. The molecular weight excluding hydrogens is 366 g/mol. The Kier molecular flexibility index (Phi) is 5.99. The molecule has 3 aromatic rings. The van der Waals surface area contributed by atoms with E-state index in [9.17, 15) is 0 Å².